The smallest absolute Gasteiger partial charge is 0.133 e. The van der Waals surface area contributed by atoms with Crippen LogP contribution in [0.4, 0.5) is 0 Å². The average molecular weight is 194 g/mol. The highest BCUT2D eigenvalue weighted by Crippen LogP contribution is 2.44. The van der Waals surface area contributed by atoms with Crippen molar-refractivity contribution in [3.05, 3.63) is 0 Å². The van der Waals surface area contributed by atoms with Crippen molar-refractivity contribution in [3.63, 3.8) is 0 Å². The first kappa shape index (κ1) is 8.90. The Morgan fingerprint density at radius 2 is 1.79 bits per heavy atom. The van der Waals surface area contributed by atoms with Gasteiger partial charge in [0.15, 0.2) is 0 Å². The lowest BCUT2D eigenvalue weighted by Gasteiger charge is -2.11. The first-order valence-corrected chi connectivity index (χ1v) is 5.94. The van der Waals surface area contributed by atoms with Gasteiger partial charge in [0.05, 0.1) is 6.10 Å². The zero-order chi connectivity index (χ0) is 9.54. The quantitative estimate of drug-likeness (QED) is 0.688. The minimum atomic E-state index is 0.485. The number of hydrogen-bond donors (Lipinski definition) is 0. The van der Waals surface area contributed by atoms with Crippen molar-refractivity contribution in [3.8, 4) is 0 Å². The van der Waals surface area contributed by atoms with E-state index in [4.69, 9.17) is 4.74 Å². The molecule has 1 unspecified atom stereocenters. The Hall–Kier alpha value is -0.370. The highest BCUT2D eigenvalue weighted by Gasteiger charge is 2.41. The van der Waals surface area contributed by atoms with Crippen molar-refractivity contribution in [2.75, 3.05) is 6.61 Å². The monoisotopic (exact) mass is 194 g/mol. The molecule has 3 rings (SSSR count). The molecular weight excluding hydrogens is 176 g/mol. The SMILES string of the molecule is O=C1C[C@@H]2CC(OCC3CC3)C[C@@H]2C1. The summed E-state index contributed by atoms with van der Waals surface area (Å²) in [5.41, 5.74) is 0. The molecule has 2 nitrogen and oxygen atoms in total. The molecule has 0 bridgehead atoms. The zero-order valence-corrected chi connectivity index (χ0v) is 8.58. The van der Waals surface area contributed by atoms with Crippen LogP contribution in [0.3, 0.4) is 0 Å². The number of hydrogen-bond acceptors (Lipinski definition) is 2. The highest BCUT2D eigenvalue weighted by molar-refractivity contribution is 5.81. The second-order valence-corrected chi connectivity index (χ2v) is 5.34. The molecule has 0 aliphatic heterocycles. The van der Waals surface area contributed by atoms with E-state index in [1.54, 1.807) is 0 Å². The van der Waals surface area contributed by atoms with E-state index in [9.17, 15) is 4.79 Å². The molecule has 0 aromatic heterocycles. The molecule has 0 aromatic rings. The van der Waals surface area contributed by atoms with Crippen LogP contribution in [-0.4, -0.2) is 18.5 Å². The van der Waals surface area contributed by atoms with Crippen molar-refractivity contribution in [2.45, 2.75) is 44.6 Å². The third kappa shape index (κ3) is 1.72. The molecule has 14 heavy (non-hydrogen) atoms. The number of carbonyl (C=O) groups excluding carboxylic acids is 1. The van der Waals surface area contributed by atoms with Gasteiger partial charge in [-0.3, -0.25) is 4.79 Å². The van der Waals surface area contributed by atoms with E-state index in [0.717, 1.165) is 38.2 Å². The Balaban J connectivity index is 1.48. The van der Waals surface area contributed by atoms with Gasteiger partial charge >= 0.3 is 0 Å². The van der Waals surface area contributed by atoms with Crippen molar-refractivity contribution in [1.29, 1.82) is 0 Å². The Kier molecular flexibility index (Phi) is 2.12. The number of ketones is 1. The second-order valence-electron chi connectivity index (χ2n) is 5.34. The van der Waals surface area contributed by atoms with Crippen molar-refractivity contribution >= 4 is 5.78 Å². The number of ether oxygens (including phenoxy) is 1. The normalized spacial score (nSPS) is 41.7. The maximum absolute atomic E-state index is 11.2. The van der Waals surface area contributed by atoms with E-state index in [1.807, 2.05) is 0 Å². The lowest BCUT2D eigenvalue weighted by molar-refractivity contribution is -0.118. The fourth-order valence-electron chi connectivity index (χ4n) is 3.02. The Labute approximate surface area is 85.0 Å². The highest BCUT2D eigenvalue weighted by atomic mass is 16.5. The van der Waals surface area contributed by atoms with Gasteiger partial charge in [-0.25, -0.2) is 0 Å². The van der Waals surface area contributed by atoms with Crippen molar-refractivity contribution < 1.29 is 9.53 Å². The molecule has 3 aliphatic rings. The summed E-state index contributed by atoms with van der Waals surface area (Å²) in [4.78, 5) is 11.2. The maximum Gasteiger partial charge on any atom is 0.133 e. The second kappa shape index (κ2) is 3.34. The third-order valence-electron chi connectivity index (χ3n) is 4.04. The predicted octanol–water partition coefficient (Wildman–Crippen LogP) is 2.17. The van der Waals surface area contributed by atoms with Gasteiger partial charge < -0.3 is 4.74 Å². The van der Waals surface area contributed by atoms with Gasteiger partial charge in [0.25, 0.3) is 0 Å². The molecule has 0 N–H and O–H groups in total. The summed E-state index contributed by atoms with van der Waals surface area (Å²) < 4.78 is 5.89. The van der Waals surface area contributed by atoms with Gasteiger partial charge in [-0.15, -0.1) is 0 Å². The fraction of sp³-hybridized carbons (Fsp3) is 0.917. The minimum Gasteiger partial charge on any atom is -0.378 e. The molecule has 3 saturated carbocycles. The van der Waals surface area contributed by atoms with E-state index in [1.165, 1.54) is 12.8 Å². The number of Topliss-reactive ketones (excluding diaryl/α,β-unsaturated/α-hetero) is 1. The predicted molar refractivity (Wildman–Crippen MR) is 52.9 cm³/mol. The van der Waals surface area contributed by atoms with Crippen LogP contribution in [0.2, 0.25) is 0 Å². The van der Waals surface area contributed by atoms with E-state index >= 15 is 0 Å². The zero-order valence-electron chi connectivity index (χ0n) is 8.58. The maximum atomic E-state index is 11.2. The third-order valence-corrected chi connectivity index (χ3v) is 4.04. The van der Waals surface area contributed by atoms with Crippen LogP contribution in [0, 0.1) is 17.8 Å². The summed E-state index contributed by atoms with van der Waals surface area (Å²) in [6.07, 6.45) is 7.23. The van der Waals surface area contributed by atoms with Crippen LogP contribution in [0.1, 0.15) is 38.5 Å². The van der Waals surface area contributed by atoms with Crippen LogP contribution in [0.5, 0.6) is 0 Å². The summed E-state index contributed by atoms with van der Waals surface area (Å²) >= 11 is 0. The first-order chi connectivity index (χ1) is 6.81. The van der Waals surface area contributed by atoms with E-state index in [-0.39, 0.29) is 0 Å². The largest absolute Gasteiger partial charge is 0.378 e. The van der Waals surface area contributed by atoms with Gasteiger partial charge in [0, 0.05) is 19.4 Å². The first-order valence-electron chi connectivity index (χ1n) is 5.94. The van der Waals surface area contributed by atoms with E-state index in [2.05, 4.69) is 0 Å². The molecule has 2 heteroatoms. The molecule has 78 valence electrons. The fourth-order valence-corrected chi connectivity index (χ4v) is 3.02. The van der Waals surface area contributed by atoms with Gasteiger partial charge in [0.2, 0.25) is 0 Å². The minimum absolute atomic E-state index is 0.485. The molecule has 0 radical (unpaired) electrons. The standard InChI is InChI=1S/C12H18O2/c13-11-3-9-5-12(6-10(9)4-11)14-7-8-1-2-8/h8-10,12H,1-7H2/t9-,10+,12?. The van der Waals surface area contributed by atoms with Gasteiger partial charge in [0.1, 0.15) is 5.78 Å². The van der Waals surface area contributed by atoms with Crippen LogP contribution >= 0.6 is 0 Å². The number of rotatable bonds is 3. The van der Waals surface area contributed by atoms with Crippen molar-refractivity contribution in [2.24, 2.45) is 17.8 Å². The van der Waals surface area contributed by atoms with Crippen molar-refractivity contribution in [1.82, 2.24) is 0 Å². The molecular formula is C12H18O2. The van der Waals surface area contributed by atoms with Crippen LogP contribution < -0.4 is 0 Å². The lowest BCUT2D eigenvalue weighted by atomic mass is 10.0. The summed E-state index contributed by atoms with van der Waals surface area (Å²) in [6, 6.07) is 0. The summed E-state index contributed by atoms with van der Waals surface area (Å²) in [5.74, 6) is 2.70. The van der Waals surface area contributed by atoms with Gasteiger partial charge in [-0.05, 0) is 43.4 Å². The van der Waals surface area contributed by atoms with Crippen LogP contribution in [0.25, 0.3) is 0 Å². The van der Waals surface area contributed by atoms with Crippen LogP contribution in [-0.2, 0) is 9.53 Å². The summed E-state index contributed by atoms with van der Waals surface area (Å²) in [5, 5.41) is 0. The summed E-state index contributed by atoms with van der Waals surface area (Å²) in [6.45, 7) is 0.984. The lowest BCUT2D eigenvalue weighted by Crippen LogP contribution is -2.12. The Morgan fingerprint density at radius 3 is 2.36 bits per heavy atom. The van der Waals surface area contributed by atoms with Crippen LogP contribution in [0.15, 0.2) is 0 Å². The Morgan fingerprint density at radius 1 is 1.14 bits per heavy atom. The molecule has 0 amide bonds. The van der Waals surface area contributed by atoms with Gasteiger partial charge in [-0.1, -0.05) is 0 Å². The van der Waals surface area contributed by atoms with E-state index in [0.29, 0.717) is 23.7 Å². The molecule has 3 fully saturated rings. The Bertz CT molecular complexity index is 229. The average Bonchev–Trinajstić information content (AvgIpc) is 2.80. The number of fused-ring (bicyclic) bond motifs is 1. The molecule has 0 saturated heterocycles. The van der Waals surface area contributed by atoms with E-state index < -0.39 is 0 Å². The number of carbonyl (C=O) groups is 1. The van der Waals surface area contributed by atoms with Gasteiger partial charge in [-0.2, -0.15) is 0 Å². The summed E-state index contributed by atoms with van der Waals surface area (Å²) in [7, 11) is 0. The molecule has 0 heterocycles. The molecule has 0 spiro atoms. The molecule has 3 aliphatic carbocycles. The molecule has 0 aromatic carbocycles. The molecule has 3 atom stereocenters. The topological polar surface area (TPSA) is 26.3 Å².